The molecule has 1 aliphatic heterocycles. The van der Waals surface area contributed by atoms with Crippen LogP contribution in [-0.2, 0) is 0 Å². The second-order valence-corrected chi connectivity index (χ2v) is 4.64. The molecular weight excluding hydrogens is 214 g/mol. The van der Waals surface area contributed by atoms with E-state index in [1.165, 1.54) is 0 Å². The van der Waals surface area contributed by atoms with E-state index in [9.17, 15) is 0 Å². The molecule has 2 heterocycles. The molecule has 2 N–H and O–H groups in total. The van der Waals surface area contributed by atoms with Gasteiger partial charge < -0.3 is 10.6 Å². The van der Waals surface area contributed by atoms with Gasteiger partial charge in [0, 0.05) is 44.6 Å². The molecular formula is C12H21N5. The van der Waals surface area contributed by atoms with Gasteiger partial charge in [0.1, 0.15) is 0 Å². The van der Waals surface area contributed by atoms with Gasteiger partial charge in [-0.15, -0.1) is 0 Å². The van der Waals surface area contributed by atoms with Crippen molar-refractivity contribution in [1.82, 2.24) is 14.9 Å². The first kappa shape index (κ1) is 12.3. The Balaban J connectivity index is 1.78. The molecule has 1 saturated heterocycles. The molecule has 0 radical (unpaired) electrons. The fourth-order valence-electron chi connectivity index (χ4n) is 2.01. The first-order valence-corrected chi connectivity index (χ1v) is 6.25. The Morgan fingerprint density at radius 1 is 1.24 bits per heavy atom. The molecule has 0 saturated carbocycles. The number of hydrogen-bond acceptors (Lipinski definition) is 5. The van der Waals surface area contributed by atoms with Gasteiger partial charge >= 0.3 is 0 Å². The average Bonchev–Trinajstić information content (AvgIpc) is 2.38. The molecule has 1 aromatic heterocycles. The lowest BCUT2D eigenvalue weighted by Crippen LogP contribution is -2.47. The SMILES string of the molecule is CC(N)CCN1CCN(c2ncccn2)CC1. The Labute approximate surface area is 103 Å². The van der Waals surface area contributed by atoms with Crippen molar-refractivity contribution in [2.24, 2.45) is 5.73 Å². The van der Waals surface area contributed by atoms with Gasteiger partial charge in [-0.25, -0.2) is 9.97 Å². The summed E-state index contributed by atoms with van der Waals surface area (Å²) in [6.45, 7) is 7.32. The molecule has 0 aliphatic carbocycles. The summed E-state index contributed by atoms with van der Waals surface area (Å²) in [5.41, 5.74) is 5.77. The predicted molar refractivity (Wildman–Crippen MR) is 69.0 cm³/mol. The summed E-state index contributed by atoms with van der Waals surface area (Å²) in [7, 11) is 0. The minimum absolute atomic E-state index is 0.297. The van der Waals surface area contributed by atoms with Crippen molar-refractivity contribution in [3.63, 3.8) is 0 Å². The second-order valence-electron chi connectivity index (χ2n) is 4.64. The first-order chi connectivity index (χ1) is 8.25. The molecule has 1 unspecified atom stereocenters. The van der Waals surface area contributed by atoms with Gasteiger partial charge in [-0.05, 0) is 26.0 Å². The molecule has 2 rings (SSSR count). The van der Waals surface area contributed by atoms with Crippen LogP contribution in [0.4, 0.5) is 5.95 Å². The van der Waals surface area contributed by atoms with Gasteiger partial charge in [-0.1, -0.05) is 0 Å². The molecule has 0 bridgehead atoms. The van der Waals surface area contributed by atoms with Crippen LogP contribution < -0.4 is 10.6 Å². The number of rotatable bonds is 4. The lowest BCUT2D eigenvalue weighted by atomic mass is 10.2. The Morgan fingerprint density at radius 2 is 1.88 bits per heavy atom. The van der Waals surface area contributed by atoms with Crippen molar-refractivity contribution < 1.29 is 0 Å². The lowest BCUT2D eigenvalue weighted by molar-refractivity contribution is 0.249. The summed E-state index contributed by atoms with van der Waals surface area (Å²) in [5, 5.41) is 0. The minimum atomic E-state index is 0.297. The zero-order valence-corrected chi connectivity index (χ0v) is 10.4. The topological polar surface area (TPSA) is 58.3 Å². The standard InChI is InChI=1S/C12H21N5/c1-11(13)3-6-16-7-9-17(10-8-16)12-14-4-2-5-15-12/h2,4-5,11H,3,6-10,13H2,1H3. The van der Waals surface area contributed by atoms with E-state index in [1.54, 1.807) is 12.4 Å². The molecule has 1 atom stereocenters. The summed E-state index contributed by atoms with van der Waals surface area (Å²) < 4.78 is 0. The van der Waals surface area contributed by atoms with Gasteiger partial charge in [-0.3, -0.25) is 4.90 Å². The second kappa shape index (κ2) is 5.93. The summed E-state index contributed by atoms with van der Waals surface area (Å²) in [6.07, 6.45) is 4.66. The van der Waals surface area contributed by atoms with Gasteiger partial charge in [-0.2, -0.15) is 0 Å². The van der Waals surface area contributed by atoms with Gasteiger partial charge in [0.25, 0.3) is 0 Å². The highest BCUT2D eigenvalue weighted by Crippen LogP contribution is 2.09. The zero-order valence-electron chi connectivity index (χ0n) is 10.4. The highest BCUT2D eigenvalue weighted by molar-refractivity contribution is 5.29. The van der Waals surface area contributed by atoms with Crippen LogP contribution in [0, 0.1) is 0 Å². The third-order valence-corrected chi connectivity index (χ3v) is 3.11. The van der Waals surface area contributed by atoms with E-state index in [1.807, 2.05) is 6.07 Å². The van der Waals surface area contributed by atoms with E-state index in [4.69, 9.17) is 5.73 Å². The van der Waals surface area contributed by atoms with Crippen LogP contribution in [0.1, 0.15) is 13.3 Å². The quantitative estimate of drug-likeness (QED) is 0.815. The number of aromatic nitrogens is 2. The Morgan fingerprint density at radius 3 is 2.47 bits per heavy atom. The van der Waals surface area contributed by atoms with E-state index in [2.05, 4.69) is 26.7 Å². The number of hydrogen-bond donors (Lipinski definition) is 1. The number of piperazine rings is 1. The van der Waals surface area contributed by atoms with E-state index < -0.39 is 0 Å². The van der Waals surface area contributed by atoms with Crippen LogP contribution in [0.2, 0.25) is 0 Å². The van der Waals surface area contributed by atoms with Crippen LogP contribution in [0.15, 0.2) is 18.5 Å². The third kappa shape index (κ3) is 3.64. The Bertz CT molecular complexity index is 319. The zero-order chi connectivity index (χ0) is 12.1. The van der Waals surface area contributed by atoms with Crippen molar-refractivity contribution in [1.29, 1.82) is 0 Å². The highest BCUT2D eigenvalue weighted by Gasteiger charge is 2.18. The third-order valence-electron chi connectivity index (χ3n) is 3.11. The lowest BCUT2D eigenvalue weighted by Gasteiger charge is -2.34. The fourth-order valence-corrected chi connectivity index (χ4v) is 2.01. The normalized spacial score (nSPS) is 19.3. The van der Waals surface area contributed by atoms with Crippen LogP contribution in [0.3, 0.4) is 0 Å². The highest BCUT2D eigenvalue weighted by atomic mass is 15.3. The largest absolute Gasteiger partial charge is 0.338 e. The van der Waals surface area contributed by atoms with Crippen LogP contribution in [0.5, 0.6) is 0 Å². The van der Waals surface area contributed by atoms with Crippen LogP contribution in [-0.4, -0.2) is 53.6 Å². The molecule has 1 fully saturated rings. The van der Waals surface area contributed by atoms with Crippen molar-refractivity contribution in [3.05, 3.63) is 18.5 Å². The van der Waals surface area contributed by atoms with Crippen molar-refractivity contribution >= 4 is 5.95 Å². The Hall–Kier alpha value is -1.20. The predicted octanol–water partition coefficient (Wildman–Crippen LogP) is 0.336. The van der Waals surface area contributed by atoms with Gasteiger partial charge in [0.2, 0.25) is 5.95 Å². The number of nitrogens with two attached hydrogens (primary N) is 1. The van der Waals surface area contributed by atoms with Gasteiger partial charge in [0.05, 0.1) is 0 Å². The van der Waals surface area contributed by atoms with E-state index in [0.717, 1.165) is 45.1 Å². The molecule has 17 heavy (non-hydrogen) atoms. The maximum atomic E-state index is 5.77. The number of anilines is 1. The average molecular weight is 235 g/mol. The molecule has 0 spiro atoms. The first-order valence-electron chi connectivity index (χ1n) is 6.25. The summed E-state index contributed by atoms with van der Waals surface area (Å²) in [5.74, 6) is 0.847. The van der Waals surface area contributed by atoms with Crippen LogP contribution >= 0.6 is 0 Å². The molecule has 1 aromatic rings. The van der Waals surface area contributed by atoms with E-state index in [0.29, 0.717) is 6.04 Å². The monoisotopic (exact) mass is 235 g/mol. The smallest absolute Gasteiger partial charge is 0.225 e. The molecule has 94 valence electrons. The van der Waals surface area contributed by atoms with E-state index >= 15 is 0 Å². The number of nitrogens with zero attached hydrogens (tertiary/aromatic N) is 4. The molecule has 1 aliphatic rings. The maximum absolute atomic E-state index is 5.77. The van der Waals surface area contributed by atoms with Crippen molar-refractivity contribution in [3.8, 4) is 0 Å². The molecule has 0 amide bonds. The summed E-state index contributed by atoms with van der Waals surface area (Å²) in [6, 6.07) is 2.15. The van der Waals surface area contributed by atoms with Gasteiger partial charge in [0.15, 0.2) is 0 Å². The van der Waals surface area contributed by atoms with E-state index in [-0.39, 0.29) is 0 Å². The van der Waals surface area contributed by atoms with Crippen molar-refractivity contribution in [2.75, 3.05) is 37.6 Å². The summed E-state index contributed by atoms with van der Waals surface area (Å²) in [4.78, 5) is 13.3. The minimum Gasteiger partial charge on any atom is -0.338 e. The molecule has 5 heteroatoms. The molecule has 0 aromatic carbocycles. The Kier molecular flexibility index (Phi) is 4.28. The summed E-state index contributed by atoms with van der Waals surface area (Å²) >= 11 is 0. The van der Waals surface area contributed by atoms with Crippen LogP contribution in [0.25, 0.3) is 0 Å². The maximum Gasteiger partial charge on any atom is 0.225 e. The fraction of sp³-hybridized carbons (Fsp3) is 0.667. The molecule has 5 nitrogen and oxygen atoms in total. The van der Waals surface area contributed by atoms with Crippen molar-refractivity contribution in [2.45, 2.75) is 19.4 Å².